The Balaban J connectivity index is 1.31. The first-order chi connectivity index (χ1) is 19.2. The standard InChI is InChI=1S/C28H43F2N7O4/c1-19(2)7-9-31-25-32-23-20(6-8-28(23,29)30)24(33-25)36-14-10-34(11-15-36)21(38)18-22(39)35-12-16-37(17-13-35)26(40)41-27(3,4)5/h19H,6-18H2,1-5H3,(H,31,32,33). The number of nitrogens with one attached hydrogen (secondary N) is 1. The summed E-state index contributed by atoms with van der Waals surface area (Å²) in [6, 6.07) is 0. The summed E-state index contributed by atoms with van der Waals surface area (Å²) < 4.78 is 34.7. The van der Waals surface area contributed by atoms with Crippen LogP contribution in [0.25, 0.3) is 0 Å². The summed E-state index contributed by atoms with van der Waals surface area (Å²) in [5, 5.41) is 3.10. The fraction of sp³-hybridized carbons (Fsp3) is 0.750. The van der Waals surface area contributed by atoms with Crippen LogP contribution >= 0.6 is 0 Å². The number of fused-ring (bicyclic) bond motifs is 1. The Bertz CT molecular complexity index is 1130. The fourth-order valence-corrected chi connectivity index (χ4v) is 5.20. The van der Waals surface area contributed by atoms with E-state index >= 15 is 0 Å². The summed E-state index contributed by atoms with van der Waals surface area (Å²) in [5.74, 6) is -2.36. The highest BCUT2D eigenvalue weighted by atomic mass is 19.3. The Morgan fingerprint density at radius 3 is 2.05 bits per heavy atom. The maximum absolute atomic E-state index is 14.6. The average Bonchev–Trinajstić information content (AvgIpc) is 3.21. The van der Waals surface area contributed by atoms with Gasteiger partial charge in [0.05, 0.1) is 0 Å². The average molecular weight is 580 g/mol. The number of hydrogen-bond acceptors (Lipinski definition) is 8. The molecule has 0 bridgehead atoms. The maximum Gasteiger partial charge on any atom is 0.410 e. The largest absolute Gasteiger partial charge is 0.444 e. The van der Waals surface area contributed by atoms with Crippen LogP contribution in [0.15, 0.2) is 0 Å². The first-order valence-corrected chi connectivity index (χ1v) is 14.5. The van der Waals surface area contributed by atoms with Crippen LogP contribution in [0.3, 0.4) is 0 Å². The number of piperazine rings is 2. The van der Waals surface area contributed by atoms with Gasteiger partial charge in [-0.25, -0.2) is 9.78 Å². The molecular formula is C28H43F2N7O4. The van der Waals surface area contributed by atoms with Gasteiger partial charge in [-0.3, -0.25) is 9.59 Å². The summed E-state index contributed by atoms with van der Waals surface area (Å²) >= 11 is 0. The van der Waals surface area contributed by atoms with Gasteiger partial charge in [-0.2, -0.15) is 13.8 Å². The number of rotatable bonds is 7. The lowest BCUT2D eigenvalue weighted by atomic mass is 10.1. The Kier molecular flexibility index (Phi) is 9.22. The normalized spacial score (nSPS) is 18.9. The van der Waals surface area contributed by atoms with E-state index in [1.165, 1.54) is 0 Å². The first kappa shape index (κ1) is 30.7. The monoisotopic (exact) mass is 579 g/mol. The van der Waals surface area contributed by atoms with E-state index in [2.05, 4.69) is 29.1 Å². The van der Waals surface area contributed by atoms with Gasteiger partial charge in [0, 0.05) is 70.9 Å². The summed E-state index contributed by atoms with van der Waals surface area (Å²) in [5.41, 5.74) is -0.318. The molecule has 41 heavy (non-hydrogen) atoms. The minimum absolute atomic E-state index is 0.203. The van der Waals surface area contributed by atoms with Crippen LogP contribution in [0, 0.1) is 5.92 Å². The van der Waals surface area contributed by atoms with Gasteiger partial charge in [0.25, 0.3) is 5.92 Å². The van der Waals surface area contributed by atoms with Crippen molar-refractivity contribution >= 4 is 29.7 Å². The van der Waals surface area contributed by atoms with Crippen molar-refractivity contribution in [1.29, 1.82) is 0 Å². The highest BCUT2D eigenvalue weighted by Crippen LogP contribution is 2.44. The molecule has 3 amide bonds. The van der Waals surface area contributed by atoms with Gasteiger partial charge in [0.1, 0.15) is 23.5 Å². The SMILES string of the molecule is CC(C)CCNc1nc(N2CCN(C(=O)CC(=O)N3CCN(C(=O)OC(C)(C)C)CC3)CC2)c2c(n1)C(F)(F)CC2. The van der Waals surface area contributed by atoms with Crippen LogP contribution in [0.2, 0.25) is 0 Å². The van der Waals surface area contributed by atoms with Gasteiger partial charge in [-0.1, -0.05) is 13.8 Å². The molecule has 4 rings (SSSR count). The van der Waals surface area contributed by atoms with Gasteiger partial charge < -0.3 is 29.7 Å². The molecule has 228 valence electrons. The van der Waals surface area contributed by atoms with Gasteiger partial charge in [0.15, 0.2) is 0 Å². The zero-order chi connectivity index (χ0) is 29.9. The Morgan fingerprint density at radius 2 is 1.49 bits per heavy atom. The lowest BCUT2D eigenvalue weighted by Gasteiger charge is -2.37. The van der Waals surface area contributed by atoms with Crippen LogP contribution in [0.4, 0.5) is 25.3 Å². The van der Waals surface area contributed by atoms with Gasteiger partial charge >= 0.3 is 6.09 Å². The third kappa shape index (κ3) is 7.73. The highest BCUT2D eigenvalue weighted by Gasteiger charge is 2.44. The van der Waals surface area contributed by atoms with Crippen molar-refractivity contribution in [2.45, 2.75) is 71.8 Å². The molecule has 1 aliphatic carbocycles. The fourth-order valence-electron chi connectivity index (χ4n) is 5.20. The van der Waals surface area contributed by atoms with E-state index < -0.39 is 17.6 Å². The van der Waals surface area contributed by atoms with Crippen molar-refractivity contribution in [1.82, 2.24) is 24.7 Å². The van der Waals surface area contributed by atoms with Gasteiger partial charge in [-0.05, 0) is 39.5 Å². The van der Waals surface area contributed by atoms with Crippen LogP contribution in [0.5, 0.6) is 0 Å². The predicted octanol–water partition coefficient (Wildman–Crippen LogP) is 3.09. The zero-order valence-corrected chi connectivity index (χ0v) is 24.8. The molecule has 2 fully saturated rings. The lowest BCUT2D eigenvalue weighted by molar-refractivity contribution is -0.141. The molecule has 1 aromatic rings. The number of anilines is 2. The van der Waals surface area contributed by atoms with Crippen molar-refractivity contribution in [3.63, 3.8) is 0 Å². The summed E-state index contributed by atoms with van der Waals surface area (Å²) in [6.45, 7) is 13.2. The number of ether oxygens (including phenoxy) is 1. The van der Waals surface area contributed by atoms with Gasteiger partial charge in [-0.15, -0.1) is 0 Å². The molecule has 0 spiro atoms. The molecule has 1 aromatic heterocycles. The summed E-state index contributed by atoms with van der Waals surface area (Å²) in [6.07, 6.45) is 0.136. The quantitative estimate of drug-likeness (QED) is 0.491. The molecule has 0 aromatic carbocycles. The van der Waals surface area contributed by atoms with Crippen LogP contribution < -0.4 is 10.2 Å². The van der Waals surface area contributed by atoms with E-state index in [9.17, 15) is 23.2 Å². The minimum Gasteiger partial charge on any atom is -0.444 e. The smallest absolute Gasteiger partial charge is 0.410 e. The first-order valence-electron chi connectivity index (χ1n) is 14.5. The second-order valence-electron chi connectivity index (χ2n) is 12.4. The number of carbonyl (C=O) groups is 3. The molecule has 1 N–H and O–H groups in total. The second kappa shape index (κ2) is 12.3. The van der Waals surface area contributed by atoms with E-state index in [-0.39, 0.29) is 42.7 Å². The number of alkyl halides is 2. The molecule has 2 saturated heterocycles. The molecule has 2 aliphatic heterocycles. The third-order valence-electron chi connectivity index (χ3n) is 7.54. The topological polar surface area (TPSA) is 111 Å². The number of aromatic nitrogens is 2. The third-order valence-corrected chi connectivity index (χ3v) is 7.54. The molecule has 11 nitrogen and oxygen atoms in total. The van der Waals surface area contributed by atoms with Crippen molar-refractivity contribution in [2.24, 2.45) is 5.92 Å². The Hall–Kier alpha value is -3.25. The zero-order valence-electron chi connectivity index (χ0n) is 24.8. The summed E-state index contributed by atoms with van der Waals surface area (Å²) in [7, 11) is 0. The predicted molar refractivity (Wildman–Crippen MR) is 150 cm³/mol. The molecule has 3 aliphatic rings. The molecule has 13 heteroatoms. The van der Waals surface area contributed by atoms with Crippen LogP contribution in [-0.2, 0) is 26.7 Å². The second-order valence-corrected chi connectivity index (χ2v) is 12.4. The highest BCUT2D eigenvalue weighted by molar-refractivity contribution is 5.97. The molecular weight excluding hydrogens is 536 g/mol. The van der Waals surface area contributed by atoms with E-state index in [1.807, 2.05) is 4.90 Å². The number of carbonyl (C=O) groups excluding carboxylic acids is 3. The van der Waals surface area contributed by atoms with E-state index in [4.69, 9.17) is 4.74 Å². The number of nitrogens with zero attached hydrogens (tertiary/aromatic N) is 6. The Morgan fingerprint density at radius 1 is 0.927 bits per heavy atom. The maximum atomic E-state index is 14.6. The van der Waals surface area contributed by atoms with E-state index in [0.717, 1.165) is 6.42 Å². The number of amides is 3. The Labute approximate surface area is 240 Å². The number of halogens is 2. The lowest BCUT2D eigenvalue weighted by Crippen LogP contribution is -2.53. The summed E-state index contributed by atoms with van der Waals surface area (Å²) in [4.78, 5) is 53.6. The minimum atomic E-state index is -2.99. The van der Waals surface area contributed by atoms with Crippen molar-refractivity contribution in [2.75, 3.05) is 69.1 Å². The molecule has 0 atom stereocenters. The van der Waals surface area contributed by atoms with Crippen molar-refractivity contribution in [3.05, 3.63) is 11.3 Å². The van der Waals surface area contributed by atoms with Crippen molar-refractivity contribution < 1.29 is 27.9 Å². The van der Waals surface area contributed by atoms with Crippen LogP contribution in [-0.4, -0.2) is 107 Å². The molecule has 0 unspecified atom stereocenters. The van der Waals surface area contributed by atoms with Gasteiger partial charge in [0.2, 0.25) is 17.8 Å². The number of hydrogen-bond donors (Lipinski definition) is 1. The molecule has 0 radical (unpaired) electrons. The van der Waals surface area contributed by atoms with E-state index in [1.54, 1.807) is 35.5 Å². The van der Waals surface area contributed by atoms with E-state index in [0.29, 0.717) is 76.2 Å². The van der Waals surface area contributed by atoms with Crippen LogP contribution in [0.1, 0.15) is 65.1 Å². The molecule has 0 saturated carbocycles. The van der Waals surface area contributed by atoms with Crippen molar-refractivity contribution in [3.8, 4) is 0 Å². The molecule has 3 heterocycles.